The van der Waals surface area contributed by atoms with Gasteiger partial charge >= 0.3 is 0 Å². The molecule has 5 heteroatoms. The van der Waals surface area contributed by atoms with Gasteiger partial charge in [-0.15, -0.1) is 0 Å². The number of anilines is 1. The van der Waals surface area contributed by atoms with Crippen LogP contribution in [0.5, 0.6) is 0 Å². The van der Waals surface area contributed by atoms with Crippen molar-refractivity contribution >= 4 is 11.6 Å². The summed E-state index contributed by atoms with van der Waals surface area (Å²) in [6.07, 6.45) is 0. The van der Waals surface area contributed by atoms with Crippen LogP contribution in [0.1, 0.15) is 15.9 Å². The van der Waals surface area contributed by atoms with Crippen LogP contribution in [-0.2, 0) is 0 Å². The quantitative estimate of drug-likeness (QED) is 0.834. The van der Waals surface area contributed by atoms with Crippen LogP contribution in [0.15, 0.2) is 42.5 Å². The molecule has 2 N–H and O–H groups in total. The molecule has 2 aromatic carbocycles. The van der Waals surface area contributed by atoms with Crippen molar-refractivity contribution in [1.29, 1.82) is 0 Å². The van der Waals surface area contributed by atoms with E-state index in [1.54, 1.807) is 24.3 Å². The third kappa shape index (κ3) is 3.65. The standard InChI is InChI=1S/C16H11F2NO2/c17-13-7-2-8-14(18)15(13)16(21)19-12-6-1-4-11(10-12)5-3-9-20/h1-2,4,6-8,10,20H,9H2,(H,19,21). The summed E-state index contributed by atoms with van der Waals surface area (Å²) in [5.74, 6) is 2.41. The smallest absolute Gasteiger partial charge is 0.261 e. The normalized spacial score (nSPS) is 9.67. The molecule has 0 aromatic heterocycles. The molecule has 3 nitrogen and oxygen atoms in total. The van der Waals surface area contributed by atoms with Crippen molar-refractivity contribution in [2.24, 2.45) is 0 Å². The molecule has 0 heterocycles. The number of rotatable bonds is 2. The van der Waals surface area contributed by atoms with Crippen LogP contribution in [-0.4, -0.2) is 17.6 Å². The van der Waals surface area contributed by atoms with Crippen LogP contribution in [0.2, 0.25) is 0 Å². The number of hydrogen-bond acceptors (Lipinski definition) is 2. The number of carbonyl (C=O) groups is 1. The fourth-order valence-corrected chi connectivity index (χ4v) is 1.72. The Bertz CT molecular complexity index is 712. The molecule has 1 amide bonds. The number of aliphatic hydroxyl groups is 1. The maximum atomic E-state index is 13.5. The summed E-state index contributed by atoms with van der Waals surface area (Å²) in [5.41, 5.74) is 0.285. The lowest BCUT2D eigenvalue weighted by Crippen LogP contribution is -2.15. The Morgan fingerprint density at radius 1 is 1.14 bits per heavy atom. The minimum atomic E-state index is -0.927. The summed E-state index contributed by atoms with van der Waals surface area (Å²) in [4.78, 5) is 11.9. The summed E-state index contributed by atoms with van der Waals surface area (Å²) >= 11 is 0. The molecule has 0 spiro atoms. The zero-order chi connectivity index (χ0) is 15.2. The van der Waals surface area contributed by atoms with E-state index < -0.39 is 23.1 Å². The molecule has 0 aliphatic rings. The van der Waals surface area contributed by atoms with Crippen molar-refractivity contribution in [2.45, 2.75) is 0 Å². The lowest BCUT2D eigenvalue weighted by molar-refractivity contribution is 0.101. The highest BCUT2D eigenvalue weighted by atomic mass is 19.1. The fourth-order valence-electron chi connectivity index (χ4n) is 1.72. The average molecular weight is 287 g/mol. The largest absolute Gasteiger partial charge is 0.384 e. The molecule has 0 fully saturated rings. The van der Waals surface area contributed by atoms with Gasteiger partial charge in [0, 0.05) is 11.3 Å². The third-order valence-electron chi connectivity index (χ3n) is 2.62. The molecule has 0 radical (unpaired) electrons. The topological polar surface area (TPSA) is 49.3 Å². The zero-order valence-electron chi connectivity index (χ0n) is 10.9. The molecule has 0 aliphatic heterocycles. The van der Waals surface area contributed by atoms with Crippen molar-refractivity contribution in [1.82, 2.24) is 0 Å². The van der Waals surface area contributed by atoms with E-state index in [2.05, 4.69) is 17.2 Å². The molecule has 0 bridgehead atoms. The first kappa shape index (κ1) is 14.7. The second-order valence-corrected chi connectivity index (χ2v) is 4.09. The Balaban J connectivity index is 2.24. The fraction of sp³-hybridized carbons (Fsp3) is 0.0625. The first-order chi connectivity index (χ1) is 10.1. The van der Waals surface area contributed by atoms with Crippen molar-refractivity contribution in [3.8, 4) is 11.8 Å². The summed E-state index contributed by atoms with van der Waals surface area (Å²) < 4.78 is 27.0. The molecular weight excluding hydrogens is 276 g/mol. The Morgan fingerprint density at radius 2 is 1.81 bits per heavy atom. The van der Waals surface area contributed by atoms with E-state index in [0.717, 1.165) is 12.1 Å². The second kappa shape index (κ2) is 6.64. The second-order valence-electron chi connectivity index (χ2n) is 4.09. The van der Waals surface area contributed by atoms with E-state index in [4.69, 9.17) is 5.11 Å². The van der Waals surface area contributed by atoms with Gasteiger partial charge in [0.1, 0.15) is 23.8 Å². The van der Waals surface area contributed by atoms with E-state index in [9.17, 15) is 13.6 Å². The summed E-state index contributed by atoms with van der Waals surface area (Å²) in [7, 11) is 0. The highest BCUT2D eigenvalue weighted by Gasteiger charge is 2.16. The first-order valence-corrected chi connectivity index (χ1v) is 6.07. The van der Waals surface area contributed by atoms with Gasteiger partial charge in [-0.05, 0) is 30.3 Å². The molecule has 2 aromatic rings. The van der Waals surface area contributed by atoms with E-state index in [1.165, 1.54) is 6.07 Å². The SMILES string of the molecule is O=C(Nc1cccc(C#CCO)c1)c1c(F)cccc1F. The molecule has 0 saturated carbocycles. The van der Waals surface area contributed by atoms with E-state index >= 15 is 0 Å². The number of halogens is 2. The number of carbonyl (C=O) groups excluding carboxylic acids is 1. The van der Waals surface area contributed by atoms with Crippen molar-refractivity contribution in [2.75, 3.05) is 11.9 Å². The number of benzene rings is 2. The lowest BCUT2D eigenvalue weighted by Gasteiger charge is -2.07. The molecule has 0 aliphatic carbocycles. The molecule has 0 saturated heterocycles. The van der Waals surface area contributed by atoms with Crippen LogP contribution < -0.4 is 5.32 Å². The van der Waals surface area contributed by atoms with Crippen LogP contribution in [0, 0.1) is 23.5 Å². The first-order valence-electron chi connectivity index (χ1n) is 6.07. The van der Waals surface area contributed by atoms with E-state index in [0.29, 0.717) is 11.3 Å². The van der Waals surface area contributed by atoms with Crippen molar-refractivity contribution in [3.63, 3.8) is 0 Å². The van der Waals surface area contributed by atoms with Gasteiger partial charge in [0.05, 0.1) is 0 Å². The maximum Gasteiger partial charge on any atom is 0.261 e. The van der Waals surface area contributed by atoms with Gasteiger partial charge in [0.2, 0.25) is 0 Å². The Kier molecular flexibility index (Phi) is 4.64. The van der Waals surface area contributed by atoms with Gasteiger partial charge in [0.25, 0.3) is 5.91 Å². The van der Waals surface area contributed by atoms with Gasteiger partial charge in [-0.25, -0.2) is 8.78 Å². The number of hydrogen-bond donors (Lipinski definition) is 2. The number of amides is 1. The number of nitrogens with one attached hydrogen (secondary N) is 1. The predicted molar refractivity (Wildman–Crippen MR) is 74.7 cm³/mol. The van der Waals surface area contributed by atoms with Crippen LogP contribution in [0.4, 0.5) is 14.5 Å². The predicted octanol–water partition coefficient (Wildman–Crippen LogP) is 2.56. The van der Waals surface area contributed by atoms with Crippen molar-refractivity contribution < 1.29 is 18.7 Å². The van der Waals surface area contributed by atoms with E-state index in [1.807, 2.05) is 0 Å². The minimum absolute atomic E-state index is 0.281. The summed E-state index contributed by atoms with van der Waals surface area (Å²) in [6, 6.07) is 9.64. The maximum absolute atomic E-state index is 13.5. The van der Waals surface area contributed by atoms with Gasteiger partial charge in [-0.1, -0.05) is 24.0 Å². The van der Waals surface area contributed by atoms with Gasteiger partial charge in [0.15, 0.2) is 0 Å². The summed E-state index contributed by atoms with van der Waals surface area (Å²) in [5, 5.41) is 11.0. The van der Waals surface area contributed by atoms with Gasteiger partial charge < -0.3 is 10.4 Å². The molecule has 2 rings (SSSR count). The Morgan fingerprint density at radius 3 is 2.48 bits per heavy atom. The molecular formula is C16H11F2NO2. The Labute approximate surface area is 120 Å². The van der Waals surface area contributed by atoms with Crippen LogP contribution in [0.25, 0.3) is 0 Å². The van der Waals surface area contributed by atoms with Gasteiger partial charge in [-0.3, -0.25) is 4.79 Å². The average Bonchev–Trinajstić information content (AvgIpc) is 2.45. The molecule has 0 unspecified atom stereocenters. The van der Waals surface area contributed by atoms with Crippen LogP contribution in [0.3, 0.4) is 0 Å². The lowest BCUT2D eigenvalue weighted by atomic mass is 10.1. The van der Waals surface area contributed by atoms with Gasteiger partial charge in [-0.2, -0.15) is 0 Å². The third-order valence-corrected chi connectivity index (χ3v) is 2.62. The molecule has 0 atom stereocenters. The minimum Gasteiger partial charge on any atom is -0.384 e. The zero-order valence-corrected chi connectivity index (χ0v) is 10.9. The Hall–Kier alpha value is -2.71. The molecule has 21 heavy (non-hydrogen) atoms. The van der Waals surface area contributed by atoms with E-state index in [-0.39, 0.29) is 6.61 Å². The highest BCUT2D eigenvalue weighted by Crippen LogP contribution is 2.16. The monoisotopic (exact) mass is 287 g/mol. The van der Waals surface area contributed by atoms with Crippen LogP contribution >= 0.6 is 0 Å². The highest BCUT2D eigenvalue weighted by molar-refractivity contribution is 6.04. The van der Waals surface area contributed by atoms with Crippen molar-refractivity contribution in [3.05, 3.63) is 65.2 Å². The number of aliphatic hydroxyl groups excluding tert-OH is 1. The molecule has 106 valence electrons. The summed E-state index contributed by atoms with van der Waals surface area (Å²) in [6.45, 7) is -0.281.